The minimum atomic E-state index is 0.253. The smallest absolute Gasteiger partial charge is 0.223 e. The van der Waals surface area contributed by atoms with Crippen LogP contribution in [0.15, 0.2) is 18.5 Å². The van der Waals surface area contributed by atoms with E-state index in [9.17, 15) is 0 Å². The highest BCUT2D eigenvalue weighted by atomic mass is 15.1. The van der Waals surface area contributed by atoms with Gasteiger partial charge in [0.1, 0.15) is 5.82 Å². The van der Waals surface area contributed by atoms with E-state index < -0.39 is 0 Å². The molecule has 3 N–H and O–H groups in total. The summed E-state index contributed by atoms with van der Waals surface area (Å²) in [5.74, 6) is 1.48. The van der Waals surface area contributed by atoms with Gasteiger partial charge in [-0.3, -0.25) is 0 Å². The largest absolute Gasteiger partial charge is 0.368 e. The van der Waals surface area contributed by atoms with E-state index in [0.717, 1.165) is 5.56 Å². The predicted molar refractivity (Wildman–Crippen MR) is 48.8 cm³/mol. The number of H-pyrrole nitrogens is 1. The van der Waals surface area contributed by atoms with Gasteiger partial charge in [-0.1, -0.05) is 0 Å². The highest BCUT2D eigenvalue weighted by Gasteiger charge is 2.03. The number of hydrogen-bond acceptors (Lipinski definition) is 4. The quantitative estimate of drug-likeness (QED) is 0.670. The van der Waals surface area contributed by atoms with Crippen molar-refractivity contribution in [3.05, 3.63) is 24.3 Å². The third kappa shape index (κ3) is 1.48. The van der Waals surface area contributed by atoms with Crippen molar-refractivity contribution in [3.63, 3.8) is 0 Å². The number of nitrogens with two attached hydrogens (primary N) is 1. The zero-order valence-corrected chi connectivity index (χ0v) is 7.15. The van der Waals surface area contributed by atoms with Gasteiger partial charge in [-0.25, -0.2) is 4.98 Å². The zero-order valence-electron chi connectivity index (χ0n) is 7.15. The molecule has 0 saturated carbocycles. The summed E-state index contributed by atoms with van der Waals surface area (Å²) in [6.45, 7) is 1.79. The van der Waals surface area contributed by atoms with E-state index in [4.69, 9.17) is 5.73 Å². The number of aromatic amines is 1. The van der Waals surface area contributed by atoms with Crippen LogP contribution in [-0.4, -0.2) is 19.9 Å². The van der Waals surface area contributed by atoms with Crippen molar-refractivity contribution in [1.29, 1.82) is 0 Å². The SMILES string of the molecule is Cc1nc(N)nc(-c2cc[nH]c2)n1. The highest BCUT2D eigenvalue weighted by molar-refractivity contribution is 5.54. The Morgan fingerprint density at radius 2 is 2.15 bits per heavy atom. The summed E-state index contributed by atoms with van der Waals surface area (Å²) in [7, 11) is 0. The average molecular weight is 175 g/mol. The molecule has 0 atom stereocenters. The van der Waals surface area contributed by atoms with Crippen molar-refractivity contribution in [1.82, 2.24) is 19.9 Å². The van der Waals surface area contributed by atoms with E-state index in [-0.39, 0.29) is 5.95 Å². The molecule has 2 heterocycles. The molecule has 0 aliphatic rings. The van der Waals surface area contributed by atoms with Gasteiger partial charge < -0.3 is 10.7 Å². The summed E-state index contributed by atoms with van der Waals surface area (Å²) in [4.78, 5) is 15.0. The Balaban J connectivity index is 2.53. The minimum absolute atomic E-state index is 0.253. The predicted octanol–water partition coefficient (Wildman–Crippen LogP) is 0.757. The van der Waals surface area contributed by atoms with Gasteiger partial charge in [-0.15, -0.1) is 0 Å². The first kappa shape index (κ1) is 7.72. The summed E-state index contributed by atoms with van der Waals surface area (Å²) in [6, 6.07) is 1.88. The molecule has 0 bridgehead atoms. The van der Waals surface area contributed by atoms with Crippen LogP contribution in [0.3, 0.4) is 0 Å². The molecule has 0 fully saturated rings. The van der Waals surface area contributed by atoms with Crippen molar-refractivity contribution in [2.24, 2.45) is 0 Å². The molecule has 5 nitrogen and oxygen atoms in total. The summed E-state index contributed by atoms with van der Waals surface area (Å²) in [5.41, 5.74) is 6.41. The van der Waals surface area contributed by atoms with Gasteiger partial charge in [0.2, 0.25) is 5.95 Å². The third-order valence-electron chi connectivity index (χ3n) is 1.62. The fraction of sp³-hybridized carbons (Fsp3) is 0.125. The molecule has 0 spiro atoms. The fourth-order valence-corrected chi connectivity index (χ4v) is 1.09. The third-order valence-corrected chi connectivity index (χ3v) is 1.62. The van der Waals surface area contributed by atoms with Crippen molar-refractivity contribution in [3.8, 4) is 11.4 Å². The Morgan fingerprint density at radius 3 is 2.77 bits per heavy atom. The second kappa shape index (κ2) is 2.85. The van der Waals surface area contributed by atoms with E-state index in [1.54, 1.807) is 6.92 Å². The molecule has 0 aliphatic heterocycles. The van der Waals surface area contributed by atoms with Crippen LogP contribution in [-0.2, 0) is 0 Å². The molecule has 2 aromatic heterocycles. The number of anilines is 1. The minimum Gasteiger partial charge on any atom is -0.368 e. The molecule has 0 radical (unpaired) electrons. The normalized spacial score (nSPS) is 10.2. The number of nitrogens with one attached hydrogen (secondary N) is 1. The lowest BCUT2D eigenvalue weighted by atomic mass is 10.3. The van der Waals surface area contributed by atoms with Crippen molar-refractivity contribution < 1.29 is 0 Å². The summed E-state index contributed by atoms with van der Waals surface area (Å²) in [5, 5.41) is 0. The molecule has 5 heteroatoms. The lowest BCUT2D eigenvalue weighted by Gasteiger charge is -1.98. The first-order chi connectivity index (χ1) is 6.25. The number of hydrogen-bond donors (Lipinski definition) is 2. The number of nitrogens with zero attached hydrogens (tertiary/aromatic N) is 3. The molecule has 0 aromatic carbocycles. The van der Waals surface area contributed by atoms with E-state index in [1.807, 2.05) is 18.5 Å². The van der Waals surface area contributed by atoms with E-state index in [0.29, 0.717) is 11.6 Å². The van der Waals surface area contributed by atoms with Gasteiger partial charge in [0.05, 0.1) is 0 Å². The van der Waals surface area contributed by atoms with Crippen LogP contribution in [0.25, 0.3) is 11.4 Å². The van der Waals surface area contributed by atoms with Crippen molar-refractivity contribution >= 4 is 5.95 Å². The van der Waals surface area contributed by atoms with Crippen LogP contribution >= 0.6 is 0 Å². The molecule has 2 aromatic rings. The van der Waals surface area contributed by atoms with Gasteiger partial charge in [0.15, 0.2) is 5.82 Å². The Hall–Kier alpha value is -1.91. The topological polar surface area (TPSA) is 80.5 Å². The molecule has 66 valence electrons. The monoisotopic (exact) mass is 175 g/mol. The standard InChI is InChI=1S/C8H9N5/c1-5-11-7(13-8(9)12-5)6-2-3-10-4-6/h2-4,10H,1H3,(H2,9,11,12,13). The molecule has 2 rings (SSSR count). The van der Waals surface area contributed by atoms with Gasteiger partial charge >= 0.3 is 0 Å². The summed E-state index contributed by atoms with van der Waals surface area (Å²) >= 11 is 0. The Morgan fingerprint density at radius 1 is 1.31 bits per heavy atom. The van der Waals surface area contributed by atoms with E-state index in [2.05, 4.69) is 19.9 Å². The second-order valence-electron chi connectivity index (χ2n) is 2.66. The first-order valence-electron chi connectivity index (χ1n) is 3.87. The van der Waals surface area contributed by atoms with Crippen LogP contribution in [0.5, 0.6) is 0 Å². The maximum atomic E-state index is 5.49. The zero-order chi connectivity index (χ0) is 9.26. The average Bonchev–Trinajstić information content (AvgIpc) is 2.53. The Bertz CT molecular complexity index is 386. The number of aromatic nitrogens is 4. The number of nitrogen functional groups attached to an aromatic ring is 1. The lowest BCUT2D eigenvalue weighted by Crippen LogP contribution is -2.01. The second-order valence-corrected chi connectivity index (χ2v) is 2.66. The molecular formula is C8H9N5. The van der Waals surface area contributed by atoms with E-state index in [1.165, 1.54) is 0 Å². The van der Waals surface area contributed by atoms with Crippen LogP contribution in [0.1, 0.15) is 5.82 Å². The number of rotatable bonds is 1. The summed E-state index contributed by atoms with van der Waals surface area (Å²) in [6.07, 6.45) is 3.62. The van der Waals surface area contributed by atoms with Crippen molar-refractivity contribution in [2.45, 2.75) is 6.92 Å². The lowest BCUT2D eigenvalue weighted by molar-refractivity contribution is 0.997. The van der Waals surface area contributed by atoms with Crippen LogP contribution in [0, 0.1) is 6.92 Å². The highest BCUT2D eigenvalue weighted by Crippen LogP contribution is 2.13. The maximum Gasteiger partial charge on any atom is 0.223 e. The molecule has 0 saturated heterocycles. The molecule has 0 unspecified atom stereocenters. The Kier molecular flexibility index (Phi) is 1.70. The van der Waals surface area contributed by atoms with Crippen molar-refractivity contribution in [2.75, 3.05) is 5.73 Å². The first-order valence-corrected chi connectivity index (χ1v) is 3.87. The molecule has 13 heavy (non-hydrogen) atoms. The van der Waals surface area contributed by atoms with Gasteiger partial charge in [0.25, 0.3) is 0 Å². The van der Waals surface area contributed by atoms with Gasteiger partial charge in [0, 0.05) is 18.0 Å². The molecule has 0 amide bonds. The van der Waals surface area contributed by atoms with Gasteiger partial charge in [-0.05, 0) is 13.0 Å². The van der Waals surface area contributed by atoms with Gasteiger partial charge in [-0.2, -0.15) is 9.97 Å². The molecular weight excluding hydrogens is 166 g/mol. The van der Waals surface area contributed by atoms with E-state index >= 15 is 0 Å². The maximum absolute atomic E-state index is 5.49. The van der Waals surface area contributed by atoms with Crippen LogP contribution in [0.2, 0.25) is 0 Å². The fourth-order valence-electron chi connectivity index (χ4n) is 1.09. The van der Waals surface area contributed by atoms with Crippen LogP contribution < -0.4 is 5.73 Å². The number of aryl methyl sites for hydroxylation is 1. The molecule has 0 aliphatic carbocycles. The Labute approximate surface area is 75.1 Å². The van der Waals surface area contributed by atoms with Crippen LogP contribution in [0.4, 0.5) is 5.95 Å². The summed E-state index contributed by atoms with van der Waals surface area (Å²) < 4.78 is 0.